The number of rotatable bonds is 3. The second-order valence-corrected chi connectivity index (χ2v) is 2.46. The van der Waals surface area contributed by atoms with Gasteiger partial charge in [-0.1, -0.05) is 0 Å². The Bertz CT molecular complexity index is 79.7. The van der Waals surface area contributed by atoms with Crippen LogP contribution in [0, 0.1) is 0 Å². The molecule has 0 rings (SSSR count). The maximum atomic E-state index is 8.91. The molecule has 4 atom stereocenters. The van der Waals surface area contributed by atoms with Crippen molar-refractivity contribution in [1.82, 2.24) is 0 Å². The summed E-state index contributed by atoms with van der Waals surface area (Å²) in [7, 11) is 0. The highest BCUT2D eigenvalue weighted by Crippen LogP contribution is 2.03. The lowest BCUT2D eigenvalue weighted by atomic mass is 10.1. The molecule has 0 heterocycles. The lowest BCUT2D eigenvalue weighted by molar-refractivity contribution is -0.0947. The Morgan fingerprint density at radius 1 is 0.700 bits per heavy atom. The molecule has 0 saturated heterocycles. The van der Waals surface area contributed by atoms with Gasteiger partial charge >= 0.3 is 0 Å². The molecule has 0 fully saturated rings. The Morgan fingerprint density at radius 3 is 1.00 bits per heavy atom. The molecular weight excluding hydrogens is 136 g/mol. The minimum atomic E-state index is -1.28. The van der Waals surface area contributed by atoms with Crippen LogP contribution in [0.25, 0.3) is 0 Å². The van der Waals surface area contributed by atoms with Gasteiger partial charge in [-0.2, -0.15) is 0 Å². The molecule has 62 valence electrons. The summed E-state index contributed by atoms with van der Waals surface area (Å²) in [6.45, 7) is 2.69. The zero-order valence-corrected chi connectivity index (χ0v) is 6.10. The predicted octanol–water partition coefficient (Wildman–Crippen LogP) is -1.53. The van der Waals surface area contributed by atoms with Gasteiger partial charge in [-0.3, -0.25) is 0 Å². The summed E-state index contributed by atoms with van der Waals surface area (Å²) in [5.41, 5.74) is 0. The van der Waals surface area contributed by atoms with E-state index >= 15 is 0 Å². The first-order chi connectivity index (χ1) is 4.46. The third kappa shape index (κ3) is 2.62. The normalized spacial score (nSPS) is 23.4. The fraction of sp³-hybridized carbons (Fsp3) is 1.00. The van der Waals surface area contributed by atoms with Gasteiger partial charge in [0.25, 0.3) is 0 Å². The molecule has 0 bridgehead atoms. The molecule has 4 nitrogen and oxygen atoms in total. The van der Waals surface area contributed by atoms with E-state index in [1.165, 1.54) is 13.8 Å². The van der Waals surface area contributed by atoms with Gasteiger partial charge in [0.15, 0.2) is 0 Å². The van der Waals surface area contributed by atoms with Gasteiger partial charge in [0.1, 0.15) is 12.2 Å². The first-order valence-corrected chi connectivity index (χ1v) is 3.19. The van der Waals surface area contributed by atoms with Crippen LogP contribution in [0.4, 0.5) is 0 Å². The van der Waals surface area contributed by atoms with E-state index in [2.05, 4.69) is 0 Å². The monoisotopic (exact) mass is 150 g/mol. The Hall–Kier alpha value is -0.160. The molecular formula is C6H14O4. The SMILES string of the molecule is C[C@H](O)[C@@H](O)[C@H](O)[C@@H](C)O. The summed E-state index contributed by atoms with van der Waals surface area (Å²) >= 11 is 0. The molecule has 0 spiro atoms. The van der Waals surface area contributed by atoms with E-state index in [1.807, 2.05) is 0 Å². The predicted molar refractivity (Wildman–Crippen MR) is 35.4 cm³/mol. The van der Waals surface area contributed by atoms with E-state index in [4.69, 9.17) is 20.4 Å². The summed E-state index contributed by atoms with van der Waals surface area (Å²) in [6.07, 6.45) is -4.60. The topological polar surface area (TPSA) is 80.9 Å². The highest BCUT2D eigenvalue weighted by molar-refractivity contribution is 4.75. The van der Waals surface area contributed by atoms with Crippen molar-refractivity contribution in [3.63, 3.8) is 0 Å². The molecule has 0 aromatic carbocycles. The highest BCUT2D eigenvalue weighted by Gasteiger charge is 2.24. The van der Waals surface area contributed by atoms with Gasteiger partial charge in [0, 0.05) is 0 Å². The van der Waals surface area contributed by atoms with Crippen molar-refractivity contribution in [3.05, 3.63) is 0 Å². The van der Waals surface area contributed by atoms with Crippen molar-refractivity contribution < 1.29 is 20.4 Å². The maximum absolute atomic E-state index is 8.91. The summed E-state index contributed by atoms with van der Waals surface area (Å²) < 4.78 is 0. The Kier molecular flexibility index (Phi) is 3.81. The van der Waals surface area contributed by atoms with Crippen molar-refractivity contribution >= 4 is 0 Å². The Balaban J connectivity index is 3.81. The van der Waals surface area contributed by atoms with Crippen LogP contribution in [0.1, 0.15) is 13.8 Å². The van der Waals surface area contributed by atoms with Crippen LogP contribution in [-0.2, 0) is 0 Å². The van der Waals surface area contributed by atoms with Gasteiger partial charge < -0.3 is 20.4 Å². The summed E-state index contributed by atoms with van der Waals surface area (Å²) in [5.74, 6) is 0. The van der Waals surface area contributed by atoms with Crippen molar-refractivity contribution in [2.45, 2.75) is 38.3 Å². The molecule has 0 unspecified atom stereocenters. The van der Waals surface area contributed by atoms with Crippen LogP contribution >= 0.6 is 0 Å². The molecule has 0 radical (unpaired) electrons. The number of aliphatic hydroxyl groups excluding tert-OH is 4. The molecule has 0 amide bonds. The van der Waals surface area contributed by atoms with E-state index in [9.17, 15) is 0 Å². The van der Waals surface area contributed by atoms with Crippen LogP contribution in [0.15, 0.2) is 0 Å². The van der Waals surface area contributed by atoms with Crippen molar-refractivity contribution in [3.8, 4) is 0 Å². The second kappa shape index (κ2) is 3.88. The highest BCUT2D eigenvalue weighted by atomic mass is 16.4. The Morgan fingerprint density at radius 2 is 0.900 bits per heavy atom. The van der Waals surface area contributed by atoms with Crippen molar-refractivity contribution in [2.75, 3.05) is 0 Å². The average Bonchev–Trinajstić information content (AvgIpc) is 1.84. The summed E-state index contributed by atoms with van der Waals surface area (Å²) in [5, 5.41) is 35.2. The van der Waals surface area contributed by atoms with Crippen LogP contribution in [0.5, 0.6) is 0 Å². The van der Waals surface area contributed by atoms with Gasteiger partial charge in [0.2, 0.25) is 0 Å². The van der Waals surface area contributed by atoms with Gasteiger partial charge in [-0.25, -0.2) is 0 Å². The first-order valence-electron chi connectivity index (χ1n) is 3.19. The van der Waals surface area contributed by atoms with Crippen LogP contribution in [-0.4, -0.2) is 44.8 Å². The molecule has 4 N–H and O–H groups in total. The average molecular weight is 150 g/mol. The van der Waals surface area contributed by atoms with Crippen LogP contribution in [0.3, 0.4) is 0 Å². The van der Waals surface area contributed by atoms with Crippen molar-refractivity contribution in [2.24, 2.45) is 0 Å². The molecule has 0 saturated carbocycles. The standard InChI is InChI=1S/C6H14O4/c1-3(7)5(9)6(10)4(2)8/h3-10H,1-2H3/t3-,4+,5-,6-/m1/s1. The van der Waals surface area contributed by atoms with Gasteiger partial charge in [0.05, 0.1) is 12.2 Å². The molecule has 4 heteroatoms. The second-order valence-electron chi connectivity index (χ2n) is 2.46. The number of hydrogen-bond acceptors (Lipinski definition) is 4. The maximum Gasteiger partial charge on any atom is 0.108 e. The van der Waals surface area contributed by atoms with E-state index in [0.717, 1.165) is 0 Å². The zero-order chi connectivity index (χ0) is 8.31. The fourth-order valence-electron chi connectivity index (χ4n) is 0.571. The molecule has 0 aromatic rings. The summed E-state index contributed by atoms with van der Waals surface area (Å²) in [4.78, 5) is 0. The van der Waals surface area contributed by atoms with Gasteiger partial charge in [-0.15, -0.1) is 0 Å². The largest absolute Gasteiger partial charge is 0.391 e. The lowest BCUT2D eigenvalue weighted by Crippen LogP contribution is -2.41. The van der Waals surface area contributed by atoms with E-state index in [0.29, 0.717) is 0 Å². The lowest BCUT2D eigenvalue weighted by Gasteiger charge is -2.21. The van der Waals surface area contributed by atoms with Gasteiger partial charge in [-0.05, 0) is 13.8 Å². The summed E-state index contributed by atoms with van der Waals surface area (Å²) in [6, 6.07) is 0. The van der Waals surface area contributed by atoms with Crippen LogP contribution in [0.2, 0.25) is 0 Å². The van der Waals surface area contributed by atoms with E-state index in [-0.39, 0.29) is 0 Å². The molecule has 10 heavy (non-hydrogen) atoms. The number of aliphatic hydroxyl groups is 4. The fourth-order valence-corrected chi connectivity index (χ4v) is 0.571. The molecule has 0 aliphatic heterocycles. The first kappa shape index (κ1) is 9.84. The van der Waals surface area contributed by atoms with Crippen molar-refractivity contribution in [1.29, 1.82) is 0 Å². The van der Waals surface area contributed by atoms with Crippen LogP contribution < -0.4 is 0 Å². The van der Waals surface area contributed by atoms with E-state index in [1.54, 1.807) is 0 Å². The smallest absolute Gasteiger partial charge is 0.108 e. The number of hydrogen-bond donors (Lipinski definition) is 4. The minimum absolute atomic E-state index is 1.02. The third-order valence-corrected chi connectivity index (χ3v) is 1.34. The quantitative estimate of drug-likeness (QED) is 0.393. The van der Waals surface area contributed by atoms with E-state index < -0.39 is 24.4 Å². The third-order valence-electron chi connectivity index (χ3n) is 1.34. The molecule has 0 aliphatic carbocycles. The Labute approximate surface area is 59.7 Å². The molecule has 0 aromatic heterocycles. The minimum Gasteiger partial charge on any atom is -0.391 e. The molecule has 0 aliphatic rings. The zero-order valence-electron chi connectivity index (χ0n) is 6.10.